The lowest BCUT2D eigenvalue weighted by atomic mass is 10.4. The first-order valence-electron chi connectivity index (χ1n) is 6.82. The normalized spacial score (nSPS) is 13.5. The van der Waals surface area contributed by atoms with Crippen molar-refractivity contribution in [2.24, 2.45) is 0 Å². The summed E-state index contributed by atoms with van der Waals surface area (Å²) in [6.07, 6.45) is 0.466. The molecule has 0 saturated heterocycles. The second kappa shape index (κ2) is 10.8. The van der Waals surface area contributed by atoms with Crippen LogP contribution in [0.15, 0.2) is 36.5 Å². The Balaban J connectivity index is 4.07. The molecule has 22 heavy (non-hydrogen) atoms. The summed E-state index contributed by atoms with van der Waals surface area (Å²) in [5.74, 6) is -1.41. The number of hydrogen-bond donors (Lipinski definition) is 0. The molecule has 0 radical (unpaired) electrons. The largest absolute Gasteiger partial charge is 0.433 e. The van der Waals surface area contributed by atoms with Gasteiger partial charge in [-0.2, -0.15) is 0 Å². The maximum atomic E-state index is 11.4. The van der Waals surface area contributed by atoms with Gasteiger partial charge in [-0.1, -0.05) is 24.3 Å². The van der Waals surface area contributed by atoms with E-state index in [0.29, 0.717) is 0 Å². The highest BCUT2D eigenvalue weighted by molar-refractivity contribution is 5.91. The van der Waals surface area contributed by atoms with Crippen LogP contribution in [0.5, 0.6) is 0 Å². The minimum Gasteiger partial charge on any atom is -0.433 e. The Bertz CT molecular complexity index is 398. The van der Waals surface area contributed by atoms with Crippen molar-refractivity contribution in [1.82, 2.24) is 0 Å². The van der Waals surface area contributed by atoms with Crippen molar-refractivity contribution in [3.63, 3.8) is 0 Å². The van der Waals surface area contributed by atoms with Crippen LogP contribution in [0.1, 0.15) is 27.7 Å². The third kappa shape index (κ3) is 11.9. The molecule has 0 bridgehead atoms. The van der Waals surface area contributed by atoms with Crippen LogP contribution in [0.4, 0.5) is 0 Å². The Morgan fingerprint density at radius 2 is 1.18 bits per heavy atom. The molecular weight excluding hydrogens is 288 g/mol. The Kier molecular flexibility index (Phi) is 9.82. The highest BCUT2D eigenvalue weighted by Gasteiger charge is 2.10. The number of carbonyl (C=O) groups excluding carboxylic acids is 2. The monoisotopic (exact) mass is 312 g/mol. The molecule has 0 aromatic carbocycles. The van der Waals surface area contributed by atoms with E-state index in [2.05, 4.69) is 13.2 Å². The first-order chi connectivity index (χ1) is 10.2. The van der Waals surface area contributed by atoms with E-state index in [4.69, 9.17) is 18.9 Å². The molecule has 0 amide bonds. The van der Waals surface area contributed by atoms with Gasteiger partial charge in [-0.15, -0.1) is 0 Å². The van der Waals surface area contributed by atoms with Crippen molar-refractivity contribution < 1.29 is 28.5 Å². The van der Waals surface area contributed by atoms with Gasteiger partial charge in [-0.3, -0.25) is 0 Å². The maximum absolute atomic E-state index is 11.4. The molecule has 0 aliphatic heterocycles. The van der Waals surface area contributed by atoms with Crippen LogP contribution in [-0.4, -0.2) is 37.7 Å². The summed E-state index contributed by atoms with van der Waals surface area (Å²) < 4.78 is 20.1. The van der Waals surface area contributed by atoms with E-state index in [-0.39, 0.29) is 13.2 Å². The smallest absolute Gasteiger partial charge is 0.333 e. The molecule has 2 unspecified atom stereocenters. The predicted molar refractivity (Wildman–Crippen MR) is 81.8 cm³/mol. The van der Waals surface area contributed by atoms with E-state index < -0.39 is 24.5 Å². The zero-order valence-electron chi connectivity index (χ0n) is 13.6. The van der Waals surface area contributed by atoms with Crippen LogP contribution in [0.2, 0.25) is 0 Å². The lowest BCUT2D eigenvalue weighted by molar-refractivity contribution is -0.170. The molecule has 0 fully saturated rings. The SMILES string of the molecule is C=C(C)COC(C)OC(=O)/C=C\C(=O)OC(C)OCC(=C)C. The number of ether oxygens (including phenoxy) is 4. The summed E-state index contributed by atoms with van der Waals surface area (Å²) in [5, 5.41) is 0. The Labute approximate surface area is 131 Å². The molecule has 2 atom stereocenters. The van der Waals surface area contributed by atoms with Gasteiger partial charge < -0.3 is 18.9 Å². The number of esters is 2. The first kappa shape index (κ1) is 20.1. The van der Waals surface area contributed by atoms with Crippen LogP contribution < -0.4 is 0 Å². The molecule has 0 aromatic heterocycles. The van der Waals surface area contributed by atoms with E-state index in [9.17, 15) is 9.59 Å². The Hall–Kier alpha value is -1.92. The van der Waals surface area contributed by atoms with E-state index in [1.165, 1.54) is 0 Å². The van der Waals surface area contributed by atoms with Crippen LogP contribution in [0.25, 0.3) is 0 Å². The van der Waals surface area contributed by atoms with Crippen LogP contribution in [-0.2, 0) is 28.5 Å². The summed E-state index contributed by atoms with van der Waals surface area (Å²) in [6.45, 7) is 14.6. The van der Waals surface area contributed by atoms with Crippen molar-refractivity contribution >= 4 is 11.9 Å². The van der Waals surface area contributed by atoms with E-state index in [0.717, 1.165) is 23.3 Å². The summed E-state index contributed by atoms with van der Waals surface area (Å²) in [7, 11) is 0. The van der Waals surface area contributed by atoms with E-state index in [1.54, 1.807) is 27.7 Å². The van der Waals surface area contributed by atoms with Gasteiger partial charge in [-0.05, 0) is 27.7 Å². The van der Waals surface area contributed by atoms with Crippen molar-refractivity contribution in [2.45, 2.75) is 40.3 Å². The molecule has 0 spiro atoms. The lowest BCUT2D eigenvalue weighted by Crippen LogP contribution is -2.19. The first-order valence-corrected chi connectivity index (χ1v) is 6.82. The van der Waals surface area contributed by atoms with Gasteiger partial charge in [0.2, 0.25) is 12.6 Å². The number of rotatable bonds is 10. The fourth-order valence-electron chi connectivity index (χ4n) is 1.13. The predicted octanol–water partition coefficient (Wildman–Crippen LogP) is 2.51. The molecule has 0 saturated carbocycles. The molecule has 0 aliphatic rings. The number of hydrogen-bond acceptors (Lipinski definition) is 6. The highest BCUT2D eigenvalue weighted by Crippen LogP contribution is 2.01. The van der Waals surface area contributed by atoms with Crippen LogP contribution >= 0.6 is 0 Å². The average Bonchev–Trinajstić information content (AvgIpc) is 2.40. The fourth-order valence-corrected chi connectivity index (χ4v) is 1.13. The third-order valence-corrected chi connectivity index (χ3v) is 2.05. The van der Waals surface area contributed by atoms with Gasteiger partial charge in [-0.25, -0.2) is 9.59 Å². The standard InChI is InChI=1S/C16H24O6/c1-11(2)9-19-13(5)21-15(17)7-8-16(18)22-14(6)20-10-12(3)4/h7-8,13-14H,1,3,9-10H2,2,4-6H3/b8-7-. The lowest BCUT2D eigenvalue weighted by Gasteiger charge is -2.13. The van der Waals surface area contributed by atoms with Crippen molar-refractivity contribution in [3.05, 3.63) is 36.5 Å². The second-order valence-corrected chi connectivity index (χ2v) is 4.88. The average molecular weight is 312 g/mol. The van der Waals surface area contributed by atoms with Crippen LogP contribution in [0, 0.1) is 0 Å². The molecule has 0 aromatic rings. The van der Waals surface area contributed by atoms with Crippen molar-refractivity contribution in [3.8, 4) is 0 Å². The fraction of sp³-hybridized carbons (Fsp3) is 0.500. The van der Waals surface area contributed by atoms with Gasteiger partial charge in [0.25, 0.3) is 0 Å². The van der Waals surface area contributed by atoms with Gasteiger partial charge in [0.05, 0.1) is 13.2 Å². The summed E-state index contributed by atoms with van der Waals surface area (Å²) in [5.41, 5.74) is 1.62. The molecule has 0 heterocycles. The summed E-state index contributed by atoms with van der Waals surface area (Å²) in [4.78, 5) is 22.9. The van der Waals surface area contributed by atoms with E-state index in [1.807, 2.05) is 0 Å². The zero-order chi connectivity index (χ0) is 17.1. The zero-order valence-corrected chi connectivity index (χ0v) is 13.6. The van der Waals surface area contributed by atoms with Gasteiger partial charge >= 0.3 is 11.9 Å². The highest BCUT2D eigenvalue weighted by atomic mass is 16.7. The molecule has 6 heteroatoms. The summed E-state index contributed by atoms with van der Waals surface area (Å²) >= 11 is 0. The van der Waals surface area contributed by atoms with Crippen molar-refractivity contribution in [2.75, 3.05) is 13.2 Å². The molecule has 124 valence electrons. The molecule has 0 rings (SSSR count). The minimum absolute atomic E-state index is 0.289. The molecule has 0 N–H and O–H groups in total. The van der Waals surface area contributed by atoms with Gasteiger partial charge in [0.15, 0.2) is 0 Å². The Morgan fingerprint density at radius 1 is 0.864 bits per heavy atom. The maximum Gasteiger partial charge on any atom is 0.333 e. The van der Waals surface area contributed by atoms with E-state index >= 15 is 0 Å². The van der Waals surface area contributed by atoms with Gasteiger partial charge in [0.1, 0.15) is 0 Å². The minimum atomic E-state index is -0.734. The summed E-state index contributed by atoms with van der Waals surface area (Å²) in [6, 6.07) is 0. The quantitative estimate of drug-likeness (QED) is 0.267. The molecule has 0 aliphatic carbocycles. The second-order valence-electron chi connectivity index (χ2n) is 4.88. The van der Waals surface area contributed by atoms with Gasteiger partial charge in [0, 0.05) is 12.2 Å². The molecular formula is C16H24O6. The Morgan fingerprint density at radius 3 is 1.45 bits per heavy atom. The molecule has 6 nitrogen and oxygen atoms in total. The third-order valence-electron chi connectivity index (χ3n) is 2.05. The number of carbonyl (C=O) groups is 2. The van der Waals surface area contributed by atoms with Crippen LogP contribution in [0.3, 0.4) is 0 Å². The topological polar surface area (TPSA) is 71.1 Å². The van der Waals surface area contributed by atoms with Crippen molar-refractivity contribution in [1.29, 1.82) is 0 Å².